The van der Waals surface area contributed by atoms with Crippen molar-refractivity contribution in [2.45, 2.75) is 44.8 Å². The monoisotopic (exact) mass is 458 g/mol. The standard InChI is InChI=1S/C24H31ClN4O3/c1-24(2)12-16(6-8-32-24)13-28-23-5-3-4-20(29-23)18-10-17(27-14-19(18)25)11-21(30)22-15-26-7-9-31-22/h3-5,10,14,16,22,26H,6-9,11-13,15H2,1-2H3,(H,28,29)/t16-,22+/m0/s1. The van der Waals surface area contributed by atoms with Crippen molar-refractivity contribution in [3.8, 4) is 11.3 Å². The molecule has 8 heteroatoms. The molecule has 7 nitrogen and oxygen atoms in total. The Kier molecular flexibility index (Phi) is 7.40. The van der Waals surface area contributed by atoms with Crippen LogP contribution in [0.25, 0.3) is 11.3 Å². The molecule has 172 valence electrons. The Morgan fingerprint density at radius 3 is 3.00 bits per heavy atom. The molecule has 2 aromatic rings. The van der Waals surface area contributed by atoms with Crippen molar-refractivity contribution in [2.24, 2.45) is 5.92 Å². The second-order valence-electron chi connectivity index (χ2n) is 9.12. The molecule has 2 fully saturated rings. The number of halogens is 1. The number of anilines is 1. The Balaban J connectivity index is 1.43. The molecule has 0 bridgehead atoms. The number of pyridine rings is 2. The predicted molar refractivity (Wildman–Crippen MR) is 125 cm³/mol. The number of aromatic nitrogens is 2. The summed E-state index contributed by atoms with van der Waals surface area (Å²) < 4.78 is 11.4. The normalized spacial score (nSPS) is 23.0. The third-order valence-electron chi connectivity index (χ3n) is 5.95. The second-order valence-corrected chi connectivity index (χ2v) is 9.53. The maximum absolute atomic E-state index is 12.6. The number of hydrogen-bond acceptors (Lipinski definition) is 7. The molecule has 2 N–H and O–H groups in total. The number of ketones is 1. The average molecular weight is 459 g/mol. The van der Waals surface area contributed by atoms with Crippen molar-refractivity contribution in [1.29, 1.82) is 0 Å². The number of hydrogen-bond donors (Lipinski definition) is 2. The quantitative estimate of drug-likeness (QED) is 0.656. The van der Waals surface area contributed by atoms with Gasteiger partial charge in [0, 0.05) is 43.7 Å². The van der Waals surface area contributed by atoms with Crippen molar-refractivity contribution in [3.63, 3.8) is 0 Å². The molecule has 0 amide bonds. The third kappa shape index (κ3) is 6.04. The fourth-order valence-electron chi connectivity index (χ4n) is 4.30. The summed E-state index contributed by atoms with van der Waals surface area (Å²) >= 11 is 6.44. The molecule has 0 unspecified atom stereocenters. The Morgan fingerprint density at radius 1 is 1.34 bits per heavy atom. The molecule has 0 saturated carbocycles. The van der Waals surface area contributed by atoms with Crippen LogP contribution in [0, 0.1) is 5.92 Å². The van der Waals surface area contributed by atoms with Gasteiger partial charge in [0.05, 0.1) is 29.3 Å². The van der Waals surface area contributed by atoms with E-state index in [1.807, 2.05) is 24.3 Å². The molecule has 2 saturated heterocycles. The minimum absolute atomic E-state index is 0.0146. The Labute approximate surface area is 194 Å². The average Bonchev–Trinajstić information content (AvgIpc) is 2.79. The molecule has 0 aromatic carbocycles. The van der Waals surface area contributed by atoms with Gasteiger partial charge in [-0.15, -0.1) is 0 Å². The van der Waals surface area contributed by atoms with Crippen molar-refractivity contribution >= 4 is 23.2 Å². The van der Waals surface area contributed by atoms with Crippen LogP contribution in [-0.4, -0.2) is 60.3 Å². The van der Waals surface area contributed by atoms with Crippen molar-refractivity contribution in [1.82, 2.24) is 15.3 Å². The maximum atomic E-state index is 12.6. The highest BCUT2D eigenvalue weighted by molar-refractivity contribution is 6.33. The molecular formula is C24H31ClN4O3. The van der Waals surface area contributed by atoms with E-state index in [0.717, 1.165) is 49.6 Å². The SMILES string of the molecule is CC1(C)C[C@@H](CNc2cccc(-c3cc(CC(=O)[C@H]4CNCCO4)ncc3Cl)n2)CCO1. The fourth-order valence-corrected chi connectivity index (χ4v) is 4.50. The zero-order valence-electron chi connectivity index (χ0n) is 18.7. The molecule has 4 heterocycles. The number of carbonyl (C=O) groups excluding carboxylic acids is 1. The zero-order valence-corrected chi connectivity index (χ0v) is 19.5. The van der Waals surface area contributed by atoms with Crippen molar-refractivity contribution in [3.05, 3.63) is 41.2 Å². The molecule has 2 aromatic heterocycles. The highest BCUT2D eigenvalue weighted by atomic mass is 35.5. The first kappa shape index (κ1) is 23.1. The van der Waals surface area contributed by atoms with Crippen LogP contribution in [0.3, 0.4) is 0 Å². The maximum Gasteiger partial charge on any atom is 0.168 e. The molecule has 32 heavy (non-hydrogen) atoms. The van der Waals surface area contributed by atoms with E-state index in [1.54, 1.807) is 6.20 Å². The Morgan fingerprint density at radius 2 is 2.22 bits per heavy atom. The van der Waals surface area contributed by atoms with E-state index in [-0.39, 0.29) is 17.8 Å². The number of morpholine rings is 1. The van der Waals surface area contributed by atoms with Gasteiger partial charge in [-0.3, -0.25) is 9.78 Å². The third-order valence-corrected chi connectivity index (χ3v) is 6.25. The summed E-state index contributed by atoms with van der Waals surface area (Å²) in [6, 6.07) is 7.69. The number of ether oxygens (including phenoxy) is 2. The van der Waals surface area contributed by atoms with Crippen LogP contribution in [0.2, 0.25) is 5.02 Å². The van der Waals surface area contributed by atoms with Gasteiger partial charge in [-0.05, 0) is 50.8 Å². The summed E-state index contributed by atoms with van der Waals surface area (Å²) in [4.78, 5) is 21.7. The molecule has 2 aliphatic heterocycles. The van der Waals surface area contributed by atoms with Gasteiger partial charge in [0.15, 0.2) is 5.78 Å². The summed E-state index contributed by atoms with van der Waals surface area (Å²) in [5.41, 5.74) is 2.10. The van der Waals surface area contributed by atoms with Crippen molar-refractivity contribution in [2.75, 3.05) is 38.2 Å². The summed E-state index contributed by atoms with van der Waals surface area (Å²) in [6.45, 7) is 7.79. The van der Waals surface area contributed by atoms with Crippen molar-refractivity contribution < 1.29 is 14.3 Å². The number of rotatable bonds is 7. The number of nitrogens with one attached hydrogen (secondary N) is 2. The van der Waals surface area contributed by atoms with Gasteiger partial charge in [-0.1, -0.05) is 17.7 Å². The fraction of sp³-hybridized carbons (Fsp3) is 0.542. The van der Waals surface area contributed by atoms with Crippen LogP contribution in [0.15, 0.2) is 30.5 Å². The minimum Gasteiger partial charge on any atom is -0.376 e. The first-order chi connectivity index (χ1) is 15.4. The zero-order chi connectivity index (χ0) is 22.6. The highest BCUT2D eigenvalue weighted by Crippen LogP contribution is 2.30. The van der Waals surface area contributed by atoms with Gasteiger partial charge in [-0.25, -0.2) is 4.98 Å². The van der Waals surface area contributed by atoms with Gasteiger partial charge in [0.1, 0.15) is 11.9 Å². The molecule has 2 aliphatic rings. The van der Waals surface area contributed by atoms with Gasteiger partial charge in [0.25, 0.3) is 0 Å². The van der Waals surface area contributed by atoms with Crippen LogP contribution in [-0.2, 0) is 20.7 Å². The first-order valence-corrected chi connectivity index (χ1v) is 11.6. The Bertz CT molecular complexity index is 947. The van der Waals surface area contributed by atoms with E-state index in [4.69, 9.17) is 26.1 Å². The molecule has 4 rings (SSSR count). The van der Waals surface area contributed by atoms with Crippen LogP contribution >= 0.6 is 11.6 Å². The summed E-state index contributed by atoms with van der Waals surface area (Å²) in [7, 11) is 0. The molecule has 0 aliphatic carbocycles. The Hall–Kier alpha value is -2.06. The predicted octanol–water partition coefficient (Wildman–Crippen LogP) is 3.51. The van der Waals surface area contributed by atoms with E-state index in [1.165, 1.54) is 0 Å². The molecule has 0 radical (unpaired) electrons. The summed E-state index contributed by atoms with van der Waals surface area (Å²) in [5.74, 6) is 1.36. The van der Waals surface area contributed by atoms with Crippen LogP contribution in [0.4, 0.5) is 5.82 Å². The molecule has 0 spiro atoms. The van der Waals surface area contributed by atoms with Crippen LogP contribution in [0.5, 0.6) is 0 Å². The molecule has 2 atom stereocenters. The lowest BCUT2D eigenvalue weighted by Crippen LogP contribution is -2.43. The van der Waals surface area contributed by atoms with E-state index >= 15 is 0 Å². The van der Waals surface area contributed by atoms with E-state index in [2.05, 4.69) is 29.5 Å². The highest BCUT2D eigenvalue weighted by Gasteiger charge is 2.28. The van der Waals surface area contributed by atoms with Gasteiger partial charge < -0.3 is 20.1 Å². The van der Waals surface area contributed by atoms with Crippen LogP contribution < -0.4 is 10.6 Å². The molecular weight excluding hydrogens is 428 g/mol. The lowest BCUT2D eigenvalue weighted by Gasteiger charge is -2.35. The van der Waals surface area contributed by atoms with E-state index in [9.17, 15) is 4.79 Å². The topological polar surface area (TPSA) is 85.4 Å². The number of carbonyl (C=O) groups is 1. The second kappa shape index (κ2) is 10.3. The van der Waals surface area contributed by atoms with Crippen LogP contribution in [0.1, 0.15) is 32.4 Å². The largest absolute Gasteiger partial charge is 0.376 e. The summed E-state index contributed by atoms with van der Waals surface area (Å²) in [6.07, 6.45) is 3.43. The van der Waals surface area contributed by atoms with Gasteiger partial charge in [-0.2, -0.15) is 0 Å². The lowest BCUT2D eigenvalue weighted by atomic mass is 9.88. The first-order valence-electron chi connectivity index (χ1n) is 11.2. The number of nitrogens with zero attached hydrogens (tertiary/aromatic N) is 2. The van der Waals surface area contributed by atoms with E-state index < -0.39 is 6.10 Å². The van der Waals surface area contributed by atoms with Gasteiger partial charge in [0.2, 0.25) is 0 Å². The summed E-state index contributed by atoms with van der Waals surface area (Å²) in [5, 5.41) is 7.16. The van der Waals surface area contributed by atoms with Gasteiger partial charge >= 0.3 is 0 Å². The van der Waals surface area contributed by atoms with E-state index in [0.29, 0.717) is 29.8 Å². The number of Topliss-reactive ketones (excluding diaryl/α,β-unsaturated/α-hetero) is 1. The minimum atomic E-state index is -0.425. The smallest absolute Gasteiger partial charge is 0.168 e. The lowest BCUT2D eigenvalue weighted by molar-refractivity contribution is -0.131.